The molecule has 1 amide bonds. The molecule has 4 N–H and O–H groups in total. The van der Waals surface area contributed by atoms with Gasteiger partial charge >= 0.3 is 5.97 Å². The first-order chi connectivity index (χ1) is 12.3. The van der Waals surface area contributed by atoms with Crippen molar-refractivity contribution in [3.8, 4) is 0 Å². The number of carboxylic acid groups (broad SMARTS) is 1. The maximum Gasteiger partial charge on any atom is 0.303 e. The molecule has 8 heteroatoms. The molecule has 0 aromatic heterocycles. The largest absolute Gasteiger partial charge is 0.481 e. The summed E-state index contributed by atoms with van der Waals surface area (Å²) in [7, 11) is 0. The fourth-order valence-electron chi connectivity index (χ4n) is 2.60. The smallest absolute Gasteiger partial charge is 0.303 e. The number of rotatable bonds is 17. The van der Waals surface area contributed by atoms with Crippen molar-refractivity contribution in [1.82, 2.24) is 5.09 Å². The standard InChI is InChI=1S/C18H34NO5PS/c20-17(19-25(23,24)26)15-13-11-9-7-5-3-1-2-4-6-8-10-12-14-16-18(21)22/h1-2H,3-16H2,(H,21,22)(H3,19,20,23,24,26). The molecule has 0 spiro atoms. The summed E-state index contributed by atoms with van der Waals surface area (Å²) >= 11 is 4.34. The highest BCUT2D eigenvalue weighted by molar-refractivity contribution is 8.08. The van der Waals surface area contributed by atoms with E-state index in [2.05, 4.69) is 24.0 Å². The van der Waals surface area contributed by atoms with Crippen LogP contribution in [0.3, 0.4) is 0 Å². The molecule has 0 aliphatic heterocycles. The van der Waals surface area contributed by atoms with E-state index in [0.29, 0.717) is 0 Å². The second-order valence-electron chi connectivity index (χ2n) is 6.56. The van der Waals surface area contributed by atoms with Gasteiger partial charge in [0.25, 0.3) is 6.64 Å². The number of hydrogen-bond donors (Lipinski definition) is 4. The van der Waals surface area contributed by atoms with Crippen molar-refractivity contribution in [3.05, 3.63) is 12.2 Å². The quantitative estimate of drug-likeness (QED) is 0.162. The van der Waals surface area contributed by atoms with Gasteiger partial charge in [0.2, 0.25) is 5.91 Å². The van der Waals surface area contributed by atoms with Crippen LogP contribution in [-0.4, -0.2) is 26.8 Å². The van der Waals surface area contributed by atoms with Crippen LogP contribution in [0.2, 0.25) is 0 Å². The first-order valence-corrected chi connectivity index (χ1v) is 12.3. The summed E-state index contributed by atoms with van der Waals surface area (Å²) in [4.78, 5) is 39.6. The molecule has 0 atom stereocenters. The predicted molar refractivity (Wildman–Crippen MR) is 108 cm³/mol. The summed E-state index contributed by atoms with van der Waals surface area (Å²) in [6.45, 7) is -3.61. The average Bonchev–Trinajstić information content (AvgIpc) is 2.52. The zero-order valence-corrected chi connectivity index (χ0v) is 17.3. The van der Waals surface area contributed by atoms with E-state index < -0.39 is 12.6 Å². The van der Waals surface area contributed by atoms with Gasteiger partial charge in [-0.25, -0.2) is 0 Å². The molecule has 0 radical (unpaired) electrons. The summed E-state index contributed by atoms with van der Waals surface area (Å²) in [5.41, 5.74) is 0. The first-order valence-electron chi connectivity index (χ1n) is 9.54. The lowest BCUT2D eigenvalue weighted by Crippen LogP contribution is -2.19. The van der Waals surface area contributed by atoms with Crippen molar-refractivity contribution in [2.24, 2.45) is 0 Å². The maximum atomic E-state index is 11.3. The van der Waals surface area contributed by atoms with Crippen LogP contribution >= 0.6 is 6.64 Å². The molecule has 0 aliphatic carbocycles. The molecule has 0 aromatic carbocycles. The third-order valence-electron chi connectivity index (χ3n) is 3.97. The molecular weight excluding hydrogens is 373 g/mol. The molecule has 0 rings (SSSR count). The Hall–Kier alpha value is -0.750. The van der Waals surface area contributed by atoms with E-state index in [4.69, 9.17) is 14.9 Å². The number of allylic oxidation sites excluding steroid dienone is 2. The fourth-order valence-corrected chi connectivity index (χ4v) is 3.34. The van der Waals surface area contributed by atoms with Gasteiger partial charge in [-0.3, -0.25) is 14.7 Å². The number of amides is 1. The number of unbranched alkanes of at least 4 members (excludes halogenated alkanes) is 10. The normalized spacial score (nSPS) is 11.8. The van der Waals surface area contributed by atoms with Gasteiger partial charge in [0.1, 0.15) is 0 Å². The number of carbonyl (C=O) groups excluding carboxylic acids is 1. The Bertz CT molecular complexity index is 464. The van der Waals surface area contributed by atoms with Gasteiger partial charge in [-0.2, -0.15) is 0 Å². The number of carboxylic acids is 1. The highest BCUT2D eigenvalue weighted by atomic mass is 32.5. The minimum atomic E-state index is -3.61. The van der Waals surface area contributed by atoms with Crippen LogP contribution in [0.4, 0.5) is 0 Å². The van der Waals surface area contributed by atoms with Crippen LogP contribution in [0.15, 0.2) is 12.2 Å². The van der Waals surface area contributed by atoms with Gasteiger partial charge in [-0.05, 0) is 50.3 Å². The van der Waals surface area contributed by atoms with Crippen molar-refractivity contribution in [3.63, 3.8) is 0 Å². The van der Waals surface area contributed by atoms with Crippen LogP contribution < -0.4 is 5.09 Å². The zero-order chi connectivity index (χ0) is 19.7. The molecule has 0 aliphatic rings. The molecule has 0 saturated heterocycles. The molecule has 152 valence electrons. The molecule has 0 fully saturated rings. The molecule has 0 heterocycles. The number of aliphatic carboxylic acids is 1. The lowest BCUT2D eigenvalue weighted by molar-refractivity contribution is -0.137. The Morgan fingerprint density at radius 1 is 0.769 bits per heavy atom. The first kappa shape index (κ1) is 25.2. The molecule has 6 nitrogen and oxygen atoms in total. The van der Waals surface area contributed by atoms with Crippen LogP contribution in [0.25, 0.3) is 0 Å². The minimum Gasteiger partial charge on any atom is -0.481 e. The third kappa shape index (κ3) is 21.3. The summed E-state index contributed by atoms with van der Waals surface area (Å²) in [5, 5.41) is 10.6. The van der Waals surface area contributed by atoms with E-state index in [1.165, 1.54) is 12.8 Å². The summed E-state index contributed by atoms with van der Waals surface area (Å²) in [6.07, 6.45) is 17.5. The lowest BCUT2D eigenvalue weighted by atomic mass is 10.1. The number of carbonyl (C=O) groups is 2. The van der Waals surface area contributed by atoms with Crippen molar-refractivity contribution in [1.29, 1.82) is 0 Å². The van der Waals surface area contributed by atoms with Gasteiger partial charge in [0.05, 0.1) is 0 Å². The minimum absolute atomic E-state index is 0.287. The highest BCUT2D eigenvalue weighted by Crippen LogP contribution is 2.28. The van der Waals surface area contributed by atoms with E-state index in [9.17, 15) is 9.59 Å². The third-order valence-corrected chi connectivity index (χ3v) is 4.79. The average molecular weight is 408 g/mol. The molecule has 0 aromatic rings. The monoisotopic (exact) mass is 407 g/mol. The van der Waals surface area contributed by atoms with E-state index in [0.717, 1.165) is 64.2 Å². The lowest BCUT2D eigenvalue weighted by Gasteiger charge is -2.08. The van der Waals surface area contributed by atoms with Crippen LogP contribution in [0.5, 0.6) is 0 Å². The van der Waals surface area contributed by atoms with Crippen molar-refractivity contribution in [2.45, 2.75) is 89.9 Å². The van der Waals surface area contributed by atoms with Crippen molar-refractivity contribution in [2.75, 3.05) is 0 Å². The van der Waals surface area contributed by atoms with Crippen molar-refractivity contribution >= 4 is 30.3 Å². The van der Waals surface area contributed by atoms with E-state index >= 15 is 0 Å². The highest BCUT2D eigenvalue weighted by Gasteiger charge is 2.11. The Morgan fingerprint density at radius 3 is 1.65 bits per heavy atom. The molecular formula is C18H34NO5PS. The summed E-state index contributed by atoms with van der Waals surface area (Å²) in [6, 6.07) is 0. The van der Waals surface area contributed by atoms with Gasteiger partial charge in [-0.15, -0.1) is 0 Å². The van der Waals surface area contributed by atoms with E-state index in [1.54, 1.807) is 0 Å². The second-order valence-corrected chi connectivity index (χ2v) is 9.40. The second kappa shape index (κ2) is 16.4. The zero-order valence-electron chi connectivity index (χ0n) is 15.6. The van der Waals surface area contributed by atoms with Crippen molar-refractivity contribution < 1.29 is 24.5 Å². The SMILES string of the molecule is O=C(O)CCCCCCCC=CCCCCCCCC(=O)NP(O)(O)=S. The summed E-state index contributed by atoms with van der Waals surface area (Å²) in [5.74, 6) is -1.09. The van der Waals surface area contributed by atoms with E-state index in [1.807, 2.05) is 5.09 Å². The fraction of sp³-hybridized carbons (Fsp3) is 0.778. The van der Waals surface area contributed by atoms with Gasteiger partial charge < -0.3 is 14.9 Å². The van der Waals surface area contributed by atoms with Crippen LogP contribution in [-0.2, 0) is 21.4 Å². The van der Waals surface area contributed by atoms with Gasteiger partial charge in [0.15, 0.2) is 0 Å². The number of nitrogens with one attached hydrogen (secondary N) is 1. The molecule has 26 heavy (non-hydrogen) atoms. The summed E-state index contributed by atoms with van der Waals surface area (Å²) < 4.78 is 0. The van der Waals surface area contributed by atoms with Gasteiger partial charge in [-0.1, -0.05) is 50.7 Å². The topological polar surface area (TPSA) is 107 Å². The van der Waals surface area contributed by atoms with Crippen LogP contribution in [0.1, 0.15) is 89.9 Å². The Kier molecular flexibility index (Phi) is 16.0. The van der Waals surface area contributed by atoms with Gasteiger partial charge in [0, 0.05) is 12.8 Å². The maximum absolute atomic E-state index is 11.3. The van der Waals surface area contributed by atoms with E-state index in [-0.39, 0.29) is 18.7 Å². The van der Waals surface area contributed by atoms with Crippen LogP contribution in [0, 0.1) is 0 Å². The number of hydrogen-bond acceptors (Lipinski definition) is 3. The Morgan fingerprint density at radius 2 is 1.19 bits per heavy atom. The molecule has 0 saturated carbocycles. The molecule has 0 bridgehead atoms. The predicted octanol–water partition coefficient (Wildman–Crippen LogP) is 4.41. The molecule has 0 unspecified atom stereocenters. The Labute approximate surface area is 162 Å². The Balaban J connectivity index is 3.27.